The summed E-state index contributed by atoms with van der Waals surface area (Å²) in [6.07, 6.45) is 8.67. The van der Waals surface area contributed by atoms with Gasteiger partial charge >= 0.3 is 0 Å². The van der Waals surface area contributed by atoms with Gasteiger partial charge in [-0.1, -0.05) is 0 Å². The number of fused-ring (bicyclic) bond motifs is 1. The van der Waals surface area contributed by atoms with Crippen LogP contribution in [0.25, 0.3) is 0 Å². The first-order valence-electron chi connectivity index (χ1n) is 7.51. The standard InChI is InChI=1S/C15H25N3/c1-12(2)17-8-6-13(10-17)9-14-11-18-7-4-3-5-15(18)16-14/h11-13H,3-10H2,1-2H3. The van der Waals surface area contributed by atoms with Crippen molar-refractivity contribution < 1.29 is 0 Å². The summed E-state index contributed by atoms with van der Waals surface area (Å²) in [6, 6.07) is 0.699. The van der Waals surface area contributed by atoms with E-state index in [0.717, 1.165) is 5.92 Å². The first kappa shape index (κ1) is 12.2. The molecule has 1 fully saturated rings. The second kappa shape index (κ2) is 5.04. The van der Waals surface area contributed by atoms with Crippen LogP contribution >= 0.6 is 0 Å². The van der Waals surface area contributed by atoms with Crippen molar-refractivity contribution in [1.29, 1.82) is 0 Å². The molecule has 2 aliphatic heterocycles. The molecule has 1 aromatic heterocycles. The molecule has 1 saturated heterocycles. The van der Waals surface area contributed by atoms with E-state index in [1.54, 1.807) is 0 Å². The number of nitrogens with zero attached hydrogens (tertiary/aromatic N) is 3. The van der Waals surface area contributed by atoms with Crippen LogP contribution in [0.5, 0.6) is 0 Å². The fourth-order valence-corrected chi connectivity index (χ4v) is 3.36. The molecule has 0 bridgehead atoms. The van der Waals surface area contributed by atoms with E-state index in [9.17, 15) is 0 Å². The van der Waals surface area contributed by atoms with Gasteiger partial charge in [-0.15, -0.1) is 0 Å². The molecule has 18 heavy (non-hydrogen) atoms. The smallest absolute Gasteiger partial charge is 0.108 e. The SMILES string of the molecule is CC(C)N1CCC(Cc2cn3c(n2)CCCC3)C1. The third-order valence-corrected chi connectivity index (χ3v) is 4.50. The van der Waals surface area contributed by atoms with Gasteiger partial charge in [0.05, 0.1) is 5.69 Å². The summed E-state index contributed by atoms with van der Waals surface area (Å²) in [5.74, 6) is 2.15. The van der Waals surface area contributed by atoms with Gasteiger partial charge in [-0.3, -0.25) is 0 Å². The molecule has 100 valence electrons. The van der Waals surface area contributed by atoms with Gasteiger partial charge in [0.15, 0.2) is 0 Å². The summed E-state index contributed by atoms with van der Waals surface area (Å²) in [5.41, 5.74) is 1.34. The number of aryl methyl sites for hydroxylation is 2. The Morgan fingerprint density at radius 3 is 2.94 bits per heavy atom. The first-order valence-corrected chi connectivity index (χ1v) is 7.51. The molecule has 2 aliphatic rings. The van der Waals surface area contributed by atoms with Crippen molar-refractivity contribution in [2.24, 2.45) is 5.92 Å². The average Bonchev–Trinajstić information content (AvgIpc) is 2.94. The van der Waals surface area contributed by atoms with Crippen LogP contribution in [0.3, 0.4) is 0 Å². The lowest BCUT2D eigenvalue weighted by Gasteiger charge is -2.19. The largest absolute Gasteiger partial charge is 0.335 e. The molecule has 1 unspecified atom stereocenters. The van der Waals surface area contributed by atoms with E-state index in [1.807, 2.05) is 0 Å². The molecule has 0 amide bonds. The lowest BCUT2D eigenvalue weighted by molar-refractivity contribution is 0.265. The highest BCUT2D eigenvalue weighted by atomic mass is 15.2. The molecular weight excluding hydrogens is 222 g/mol. The monoisotopic (exact) mass is 247 g/mol. The van der Waals surface area contributed by atoms with E-state index in [2.05, 4.69) is 29.5 Å². The van der Waals surface area contributed by atoms with Crippen LogP contribution in [0.1, 0.15) is 44.6 Å². The summed E-state index contributed by atoms with van der Waals surface area (Å²) < 4.78 is 2.38. The van der Waals surface area contributed by atoms with Gasteiger partial charge < -0.3 is 9.47 Å². The van der Waals surface area contributed by atoms with E-state index in [1.165, 1.54) is 63.3 Å². The Hall–Kier alpha value is -0.830. The highest BCUT2D eigenvalue weighted by molar-refractivity contribution is 5.07. The van der Waals surface area contributed by atoms with Crippen molar-refractivity contribution >= 4 is 0 Å². The van der Waals surface area contributed by atoms with E-state index in [0.29, 0.717) is 6.04 Å². The molecule has 0 saturated carbocycles. The molecule has 1 atom stereocenters. The number of likely N-dealkylation sites (tertiary alicyclic amines) is 1. The van der Waals surface area contributed by atoms with Crippen LogP contribution in [0.15, 0.2) is 6.20 Å². The molecule has 0 aliphatic carbocycles. The molecule has 0 radical (unpaired) electrons. The minimum absolute atomic E-state index is 0.699. The van der Waals surface area contributed by atoms with Crippen molar-refractivity contribution in [3.63, 3.8) is 0 Å². The Balaban J connectivity index is 1.61. The molecule has 3 rings (SSSR count). The molecule has 0 aromatic carbocycles. The third-order valence-electron chi connectivity index (χ3n) is 4.50. The average molecular weight is 247 g/mol. The van der Waals surface area contributed by atoms with Gasteiger partial charge in [0, 0.05) is 31.7 Å². The molecule has 0 spiro atoms. The topological polar surface area (TPSA) is 21.1 Å². The number of hydrogen-bond acceptors (Lipinski definition) is 2. The zero-order valence-electron chi connectivity index (χ0n) is 11.7. The zero-order valence-corrected chi connectivity index (χ0v) is 11.7. The van der Waals surface area contributed by atoms with Gasteiger partial charge in [-0.05, 0) is 52.0 Å². The van der Waals surface area contributed by atoms with E-state index in [-0.39, 0.29) is 0 Å². The van der Waals surface area contributed by atoms with E-state index < -0.39 is 0 Å². The van der Waals surface area contributed by atoms with Crippen LogP contribution < -0.4 is 0 Å². The minimum Gasteiger partial charge on any atom is -0.335 e. The van der Waals surface area contributed by atoms with Crippen LogP contribution in [0.2, 0.25) is 0 Å². The molecule has 0 N–H and O–H groups in total. The Kier molecular flexibility index (Phi) is 3.42. The molecule has 3 nitrogen and oxygen atoms in total. The van der Waals surface area contributed by atoms with Crippen molar-refractivity contribution in [1.82, 2.24) is 14.5 Å². The summed E-state index contributed by atoms with van der Waals surface area (Å²) in [7, 11) is 0. The van der Waals surface area contributed by atoms with Crippen molar-refractivity contribution in [3.05, 3.63) is 17.7 Å². The third kappa shape index (κ3) is 2.46. The quantitative estimate of drug-likeness (QED) is 0.818. The summed E-state index contributed by atoms with van der Waals surface area (Å²) in [5, 5.41) is 0. The molecule has 1 aromatic rings. The Morgan fingerprint density at radius 2 is 2.22 bits per heavy atom. The summed E-state index contributed by atoms with van der Waals surface area (Å²) >= 11 is 0. The Labute approximate surface area is 110 Å². The lowest BCUT2D eigenvalue weighted by atomic mass is 10.0. The lowest BCUT2D eigenvalue weighted by Crippen LogP contribution is -2.28. The van der Waals surface area contributed by atoms with Crippen molar-refractivity contribution in [2.75, 3.05) is 13.1 Å². The number of aromatic nitrogens is 2. The van der Waals surface area contributed by atoms with Gasteiger partial charge in [0.25, 0.3) is 0 Å². The number of rotatable bonds is 3. The molecule has 3 heteroatoms. The second-order valence-corrected chi connectivity index (χ2v) is 6.25. The highest BCUT2D eigenvalue weighted by Gasteiger charge is 2.25. The number of imidazole rings is 1. The van der Waals surface area contributed by atoms with Gasteiger partial charge in [0.1, 0.15) is 5.82 Å². The first-order chi connectivity index (χ1) is 8.72. The Bertz CT molecular complexity index is 384. The van der Waals surface area contributed by atoms with E-state index >= 15 is 0 Å². The predicted molar refractivity (Wildman–Crippen MR) is 73.7 cm³/mol. The van der Waals surface area contributed by atoms with E-state index in [4.69, 9.17) is 4.98 Å². The molecule has 3 heterocycles. The van der Waals surface area contributed by atoms with Crippen molar-refractivity contribution in [2.45, 2.75) is 58.5 Å². The molecular formula is C15H25N3. The maximum atomic E-state index is 4.83. The maximum absolute atomic E-state index is 4.83. The fraction of sp³-hybridized carbons (Fsp3) is 0.800. The van der Waals surface area contributed by atoms with Gasteiger partial charge in [-0.25, -0.2) is 4.98 Å². The minimum atomic E-state index is 0.699. The van der Waals surface area contributed by atoms with Crippen LogP contribution in [0, 0.1) is 5.92 Å². The van der Waals surface area contributed by atoms with Crippen LogP contribution in [-0.2, 0) is 19.4 Å². The number of hydrogen-bond donors (Lipinski definition) is 0. The summed E-state index contributed by atoms with van der Waals surface area (Å²) in [4.78, 5) is 7.43. The second-order valence-electron chi connectivity index (χ2n) is 6.25. The van der Waals surface area contributed by atoms with Crippen molar-refractivity contribution in [3.8, 4) is 0 Å². The zero-order chi connectivity index (χ0) is 12.5. The Morgan fingerprint density at radius 1 is 1.33 bits per heavy atom. The highest BCUT2D eigenvalue weighted by Crippen LogP contribution is 2.23. The van der Waals surface area contributed by atoms with Gasteiger partial charge in [0.2, 0.25) is 0 Å². The predicted octanol–water partition coefficient (Wildman–Crippen LogP) is 2.49. The van der Waals surface area contributed by atoms with Crippen LogP contribution in [-0.4, -0.2) is 33.6 Å². The summed E-state index contributed by atoms with van der Waals surface area (Å²) in [6.45, 7) is 8.33. The maximum Gasteiger partial charge on any atom is 0.108 e. The van der Waals surface area contributed by atoms with Gasteiger partial charge in [-0.2, -0.15) is 0 Å². The fourth-order valence-electron chi connectivity index (χ4n) is 3.36. The van der Waals surface area contributed by atoms with Crippen LogP contribution in [0.4, 0.5) is 0 Å². The normalized spacial score (nSPS) is 24.7.